The fraction of sp³-hybridized carbons (Fsp3) is 0.500. The van der Waals surface area contributed by atoms with E-state index in [1.807, 2.05) is 0 Å². The second-order valence-corrected chi connectivity index (χ2v) is 7.00. The summed E-state index contributed by atoms with van der Waals surface area (Å²) in [5.41, 5.74) is 0.202. The highest BCUT2D eigenvalue weighted by Crippen LogP contribution is 2.31. The van der Waals surface area contributed by atoms with Crippen LogP contribution in [0.5, 0.6) is 0 Å². The minimum absolute atomic E-state index is 0.0557. The Morgan fingerprint density at radius 3 is 2.75 bits per heavy atom. The van der Waals surface area contributed by atoms with Crippen molar-refractivity contribution < 1.29 is 18.3 Å². The molecular formula is C12H15Cl2NO4S. The summed E-state index contributed by atoms with van der Waals surface area (Å²) in [6, 6.07) is 2.72. The SMILES string of the molecule is O=S(=O)(NCC1CCCO1)c1ccc(Cl)c(CO)c1Cl. The molecule has 1 aromatic carbocycles. The third-order valence-corrected chi connectivity index (χ3v) is 5.49. The molecule has 0 radical (unpaired) electrons. The summed E-state index contributed by atoms with van der Waals surface area (Å²) >= 11 is 11.9. The van der Waals surface area contributed by atoms with Crippen LogP contribution in [0.15, 0.2) is 17.0 Å². The number of benzene rings is 1. The van der Waals surface area contributed by atoms with Gasteiger partial charge in [0.05, 0.1) is 17.7 Å². The van der Waals surface area contributed by atoms with Gasteiger partial charge >= 0.3 is 0 Å². The fourth-order valence-electron chi connectivity index (χ4n) is 2.01. The van der Waals surface area contributed by atoms with Gasteiger partial charge in [-0.15, -0.1) is 0 Å². The van der Waals surface area contributed by atoms with Crippen molar-refractivity contribution >= 4 is 33.2 Å². The van der Waals surface area contributed by atoms with Crippen molar-refractivity contribution in [2.24, 2.45) is 0 Å². The van der Waals surface area contributed by atoms with E-state index in [0.717, 1.165) is 12.8 Å². The summed E-state index contributed by atoms with van der Waals surface area (Å²) < 4.78 is 32.3. The molecule has 1 saturated heterocycles. The molecule has 112 valence electrons. The Kier molecular flexibility index (Phi) is 5.28. The van der Waals surface area contributed by atoms with Crippen molar-refractivity contribution in [3.8, 4) is 0 Å². The molecule has 0 bridgehead atoms. The lowest BCUT2D eigenvalue weighted by atomic mass is 10.2. The van der Waals surface area contributed by atoms with Crippen molar-refractivity contribution in [1.82, 2.24) is 4.72 Å². The highest BCUT2D eigenvalue weighted by Gasteiger charge is 2.24. The maximum atomic E-state index is 12.2. The van der Waals surface area contributed by atoms with Crippen LogP contribution in [-0.2, 0) is 21.4 Å². The zero-order valence-electron chi connectivity index (χ0n) is 10.6. The van der Waals surface area contributed by atoms with Crippen LogP contribution in [0.1, 0.15) is 18.4 Å². The van der Waals surface area contributed by atoms with E-state index >= 15 is 0 Å². The number of hydrogen-bond acceptors (Lipinski definition) is 4. The molecule has 1 fully saturated rings. The van der Waals surface area contributed by atoms with E-state index in [1.165, 1.54) is 12.1 Å². The van der Waals surface area contributed by atoms with E-state index in [0.29, 0.717) is 6.61 Å². The number of nitrogens with one attached hydrogen (secondary N) is 1. The molecule has 0 aromatic heterocycles. The first-order valence-corrected chi connectivity index (χ1v) is 8.38. The lowest BCUT2D eigenvalue weighted by Crippen LogP contribution is -2.32. The number of aliphatic hydroxyl groups excluding tert-OH is 1. The molecule has 1 aliphatic rings. The van der Waals surface area contributed by atoms with Crippen LogP contribution in [0.2, 0.25) is 10.0 Å². The molecule has 0 spiro atoms. The van der Waals surface area contributed by atoms with Crippen molar-refractivity contribution in [3.63, 3.8) is 0 Å². The first-order chi connectivity index (χ1) is 9.45. The molecule has 1 heterocycles. The molecular weight excluding hydrogens is 325 g/mol. The first-order valence-electron chi connectivity index (χ1n) is 6.14. The lowest BCUT2D eigenvalue weighted by Gasteiger charge is -2.14. The predicted octanol–water partition coefficient (Wildman–Crippen LogP) is 1.94. The molecule has 1 aliphatic heterocycles. The van der Waals surface area contributed by atoms with Crippen molar-refractivity contribution in [1.29, 1.82) is 0 Å². The monoisotopic (exact) mass is 339 g/mol. The molecule has 1 atom stereocenters. The van der Waals surface area contributed by atoms with Gasteiger partial charge in [-0.3, -0.25) is 0 Å². The summed E-state index contributed by atoms with van der Waals surface area (Å²) in [5.74, 6) is 0. The predicted molar refractivity (Wildman–Crippen MR) is 76.5 cm³/mol. The lowest BCUT2D eigenvalue weighted by molar-refractivity contribution is 0.114. The Hall–Kier alpha value is -0.370. The average molecular weight is 340 g/mol. The second kappa shape index (κ2) is 6.60. The van der Waals surface area contributed by atoms with Crippen LogP contribution in [-0.4, -0.2) is 32.8 Å². The van der Waals surface area contributed by atoms with E-state index in [-0.39, 0.29) is 33.2 Å². The van der Waals surface area contributed by atoms with Gasteiger partial charge < -0.3 is 9.84 Å². The van der Waals surface area contributed by atoms with E-state index in [4.69, 9.17) is 27.9 Å². The van der Waals surface area contributed by atoms with Gasteiger partial charge in [0.2, 0.25) is 10.0 Å². The van der Waals surface area contributed by atoms with Gasteiger partial charge in [0.1, 0.15) is 4.90 Å². The largest absolute Gasteiger partial charge is 0.392 e. The van der Waals surface area contributed by atoms with Crippen LogP contribution in [0.3, 0.4) is 0 Å². The molecule has 0 amide bonds. The smallest absolute Gasteiger partial charge is 0.242 e. The number of rotatable bonds is 5. The van der Waals surface area contributed by atoms with E-state index in [9.17, 15) is 13.5 Å². The summed E-state index contributed by atoms with van der Waals surface area (Å²) in [4.78, 5) is -0.0920. The van der Waals surface area contributed by atoms with E-state index in [2.05, 4.69) is 4.72 Å². The fourth-order valence-corrected chi connectivity index (χ4v) is 3.98. The van der Waals surface area contributed by atoms with Gasteiger partial charge in [-0.05, 0) is 25.0 Å². The first kappa shape index (κ1) is 16.0. The highest BCUT2D eigenvalue weighted by atomic mass is 35.5. The molecule has 5 nitrogen and oxygen atoms in total. The van der Waals surface area contributed by atoms with Gasteiger partial charge in [-0.25, -0.2) is 13.1 Å². The minimum Gasteiger partial charge on any atom is -0.392 e. The topological polar surface area (TPSA) is 75.6 Å². The van der Waals surface area contributed by atoms with Crippen LogP contribution in [0.25, 0.3) is 0 Å². The number of aliphatic hydroxyl groups is 1. The number of ether oxygens (including phenoxy) is 1. The van der Waals surface area contributed by atoms with Gasteiger partial charge in [0, 0.05) is 23.7 Å². The normalized spacial score (nSPS) is 19.4. The molecule has 20 heavy (non-hydrogen) atoms. The average Bonchev–Trinajstić information content (AvgIpc) is 2.90. The van der Waals surface area contributed by atoms with Crippen molar-refractivity contribution in [3.05, 3.63) is 27.7 Å². The Balaban J connectivity index is 2.20. The van der Waals surface area contributed by atoms with Crippen molar-refractivity contribution in [2.75, 3.05) is 13.2 Å². The number of sulfonamides is 1. The van der Waals surface area contributed by atoms with Crippen LogP contribution >= 0.6 is 23.2 Å². The summed E-state index contributed by atoms with van der Waals surface area (Å²) in [6.07, 6.45) is 1.66. The van der Waals surface area contributed by atoms with E-state index < -0.39 is 16.6 Å². The van der Waals surface area contributed by atoms with E-state index in [1.54, 1.807) is 0 Å². The molecule has 8 heteroatoms. The summed E-state index contributed by atoms with van der Waals surface area (Å²) in [5, 5.41) is 9.36. The highest BCUT2D eigenvalue weighted by molar-refractivity contribution is 7.89. The maximum Gasteiger partial charge on any atom is 0.242 e. The number of hydrogen-bond donors (Lipinski definition) is 2. The van der Waals surface area contributed by atoms with Gasteiger partial charge in [-0.1, -0.05) is 23.2 Å². The Morgan fingerprint density at radius 2 is 2.15 bits per heavy atom. The zero-order valence-corrected chi connectivity index (χ0v) is 12.9. The Bertz CT molecular complexity index is 585. The van der Waals surface area contributed by atoms with Gasteiger partial charge in [-0.2, -0.15) is 0 Å². The molecule has 2 rings (SSSR count). The van der Waals surface area contributed by atoms with Crippen molar-refractivity contribution in [2.45, 2.75) is 30.4 Å². The van der Waals surface area contributed by atoms with Crippen LogP contribution < -0.4 is 4.72 Å². The van der Waals surface area contributed by atoms with Crippen LogP contribution in [0, 0.1) is 0 Å². The molecule has 1 unspecified atom stereocenters. The Labute approximate surface area is 127 Å². The Morgan fingerprint density at radius 1 is 1.40 bits per heavy atom. The van der Waals surface area contributed by atoms with Crippen LogP contribution in [0.4, 0.5) is 0 Å². The second-order valence-electron chi connectivity index (χ2n) is 4.48. The quantitative estimate of drug-likeness (QED) is 0.859. The summed E-state index contributed by atoms with van der Waals surface area (Å²) in [6.45, 7) is 0.436. The molecule has 1 aromatic rings. The van der Waals surface area contributed by atoms with Gasteiger partial charge in [0.25, 0.3) is 0 Å². The third-order valence-electron chi connectivity index (χ3n) is 3.12. The third kappa shape index (κ3) is 3.44. The zero-order chi connectivity index (χ0) is 14.8. The molecule has 0 saturated carbocycles. The maximum absolute atomic E-state index is 12.2. The number of halogens is 2. The summed E-state index contributed by atoms with van der Waals surface area (Å²) in [7, 11) is -3.76. The van der Waals surface area contributed by atoms with Gasteiger partial charge in [0.15, 0.2) is 0 Å². The molecule has 0 aliphatic carbocycles. The standard InChI is InChI=1S/C12H15Cl2NO4S/c13-10-3-4-11(12(14)9(10)7-16)20(17,18)15-6-8-2-1-5-19-8/h3-4,8,15-16H,1-2,5-7H2. The molecule has 2 N–H and O–H groups in total. The minimum atomic E-state index is -3.76.